The summed E-state index contributed by atoms with van der Waals surface area (Å²) >= 11 is 0. The lowest BCUT2D eigenvalue weighted by Gasteiger charge is -2.38. The Balaban J connectivity index is 1.36. The Morgan fingerprint density at radius 3 is 2.32 bits per heavy atom. The number of nitrogens with zero attached hydrogens (tertiary/aromatic N) is 6. The Bertz CT molecular complexity index is 1690. The van der Waals surface area contributed by atoms with E-state index >= 15 is 0 Å². The minimum Gasteiger partial charge on any atom is -0.497 e. The maximum atomic E-state index is 13.7. The summed E-state index contributed by atoms with van der Waals surface area (Å²) in [5, 5.41) is 14.0. The van der Waals surface area contributed by atoms with Crippen LogP contribution in [0, 0.1) is 13.8 Å². The number of nitrogens with one attached hydrogen (secondary N) is 1. The van der Waals surface area contributed by atoms with Crippen LogP contribution in [-0.4, -0.2) is 68.3 Å². The highest BCUT2D eigenvalue weighted by Gasteiger charge is 2.33. The molecule has 1 fully saturated rings. The standard InChI is InChI=1S/C32H35N7O2/c1-22-9-10-23(2)29-27(22)19-28(32(40)33-29)30(38-17-15-37(16-18-38)20-24-7-5-4-6-8-24)31-34-35-36-39(31)21-25-11-13-26(41-3)14-12-25/h4-14,19,30H,15-18,20-21H2,1-3H3,(H,33,40)/t30-/m1/s1. The molecule has 1 N–H and O–H groups in total. The van der Waals surface area contributed by atoms with Gasteiger partial charge in [-0.3, -0.25) is 14.6 Å². The van der Waals surface area contributed by atoms with Gasteiger partial charge >= 0.3 is 0 Å². The van der Waals surface area contributed by atoms with E-state index < -0.39 is 6.04 Å². The fourth-order valence-electron chi connectivity index (χ4n) is 5.74. The molecule has 0 unspecified atom stereocenters. The predicted molar refractivity (Wildman–Crippen MR) is 159 cm³/mol. The molecule has 0 aliphatic carbocycles. The number of hydrogen-bond acceptors (Lipinski definition) is 7. The largest absolute Gasteiger partial charge is 0.497 e. The van der Waals surface area contributed by atoms with E-state index in [9.17, 15) is 4.79 Å². The molecule has 0 radical (unpaired) electrons. The van der Waals surface area contributed by atoms with Gasteiger partial charge in [-0.1, -0.05) is 54.6 Å². The highest BCUT2D eigenvalue weighted by molar-refractivity contribution is 5.85. The number of fused-ring (bicyclic) bond motifs is 1. The molecule has 9 nitrogen and oxygen atoms in total. The smallest absolute Gasteiger partial charge is 0.253 e. The summed E-state index contributed by atoms with van der Waals surface area (Å²) in [4.78, 5) is 21.7. The first kappa shape index (κ1) is 26.9. The molecule has 3 aromatic carbocycles. The Kier molecular flexibility index (Phi) is 7.63. The van der Waals surface area contributed by atoms with Crippen LogP contribution < -0.4 is 10.3 Å². The number of aromatic amines is 1. The van der Waals surface area contributed by atoms with Crippen LogP contribution in [0.4, 0.5) is 0 Å². The number of aryl methyl sites for hydroxylation is 2. The van der Waals surface area contributed by atoms with Gasteiger partial charge < -0.3 is 9.72 Å². The van der Waals surface area contributed by atoms with Gasteiger partial charge in [-0.05, 0) is 64.7 Å². The van der Waals surface area contributed by atoms with Crippen LogP contribution in [0.2, 0.25) is 0 Å². The number of H-pyrrole nitrogens is 1. The normalized spacial score (nSPS) is 15.3. The van der Waals surface area contributed by atoms with Gasteiger partial charge in [0.2, 0.25) is 0 Å². The molecular formula is C32H35N7O2. The van der Waals surface area contributed by atoms with Crippen LogP contribution in [0.5, 0.6) is 5.75 Å². The lowest BCUT2D eigenvalue weighted by molar-refractivity contribution is 0.0998. The predicted octanol–water partition coefficient (Wildman–Crippen LogP) is 4.10. The summed E-state index contributed by atoms with van der Waals surface area (Å²) in [6.45, 7) is 8.84. The number of tetrazole rings is 1. The lowest BCUT2D eigenvalue weighted by atomic mass is 9.99. The summed E-state index contributed by atoms with van der Waals surface area (Å²) < 4.78 is 7.13. The van der Waals surface area contributed by atoms with E-state index in [0.29, 0.717) is 17.9 Å². The van der Waals surface area contributed by atoms with Crippen molar-refractivity contribution >= 4 is 10.9 Å². The average Bonchev–Trinajstić information content (AvgIpc) is 3.45. The van der Waals surface area contributed by atoms with Crippen molar-refractivity contribution in [3.63, 3.8) is 0 Å². The Labute approximate surface area is 239 Å². The van der Waals surface area contributed by atoms with Crippen LogP contribution in [-0.2, 0) is 13.1 Å². The first-order valence-electron chi connectivity index (χ1n) is 14.0. The number of pyridine rings is 1. The zero-order chi connectivity index (χ0) is 28.3. The second-order valence-corrected chi connectivity index (χ2v) is 10.8. The molecule has 6 rings (SSSR count). The van der Waals surface area contributed by atoms with Crippen molar-refractivity contribution in [3.8, 4) is 5.75 Å². The third-order valence-corrected chi connectivity index (χ3v) is 8.08. The molecule has 2 aromatic heterocycles. The summed E-state index contributed by atoms with van der Waals surface area (Å²) in [5.41, 5.74) is 5.94. The van der Waals surface area contributed by atoms with E-state index in [4.69, 9.17) is 4.74 Å². The summed E-state index contributed by atoms with van der Waals surface area (Å²) in [6.07, 6.45) is 0. The third kappa shape index (κ3) is 5.64. The van der Waals surface area contributed by atoms with Gasteiger partial charge in [0.05, 0.1) is 19.2 Å². The molecule has 41 heavy (non-hydrogen) atoms. The minimum atomic E-state index is -0.393. The maximum absolute atomic E-state index is 13.7. The van der Waals surface area contributed by atoms with Crippen molar-refractivity contribution in [1.29, 1.82) is 0 Å². The van der Waals surface area contributed by atoms with Crippen molar-refractivity contribution in [3.05, 3.63) is 117 Å². The molecule has 1 aliphatic heterocycles. The van der Waals surface area contributed by atoms with Crippen molar-refractivity contribution in [2.24, 2.45) is 0 Å². The van der Waals surface area contributed by atoms with Gasteiger partial charge in [0.15, 0.2) is 5.82 Å². The zero-order valence-corrected chi connectivity index (χ0v) is 23.7. The van der Waals surface area contributed by atoms with Crippen molar-refractivity contribution in [2.75, 3.05) is 33.3 Å². The molecule has 3 heterocycles. The highest BCUT2D eigenvalue weighted by atomic mass is 16.5. The quantitative estimate of drug-likeness (QED) is 0.312. The molecule has 0 amide bonds. The van der Waals surface area contributed by atoms with Crippen molar-refractivity contribution < 1.29 is 4.74 Å². The van der Waals surface area contributed by atoms with Crippen LogP contribution in [0.1, 0.15) is 39.7 Å². The molecular weight excluding hydrogens is 514 g/mol. The van der Waals surface area contributed by atoms with Crippen LogP contribution in [0.3, 0.4) is 0 Å². The maximum Gasteiger partial charge on any atom is 0.253 e. The van der Waals surface area contributed by atoms with E-state index in [0.717, 1.165) is 66.1 Å². The van der Waals surface area contributed by atoms with E-state index in [1.54, 1.807) is 7.11 Å². The number of methoxy groups -OCH3 is 1. The summed E-state index contributed by atoms with van der Waals surface area (Å²) in [5.74, 6) is 1.46. The van der Waals surface area contributed by atoms with Crippen LogP contribution in [0.15, 0.2) is 77.6 Å². The van der Waals surface area contributed by atoms with E-state index in [1.165, 1.54) is 5.56 Å². The van der Waals surface area contributed by atoms with Crippen LogP contribution in [0.25, 0.3) is 10.9 Å². The van der Waals surface area contributed by atoms with Gasteiger partial charge in [0.1, 0.15) is 11.8 Å². The van der Waals surface area contributed by atoms with Crippen LogP contribution >= 0.6 is 0 Å². The lowest BCUT2D eigenvalue weighted by Crippen LogP contribution is -2.48. The molecule has 1 aliphatic rings. The molecule has 9 heteroatoms. The fourth-order valence-corrected chi connectivity index (χ4v) is 5.74. The van der Waals surface area contributed by atoms with Gasteiger partial charge in [-0.25, -0.2) is 4.68 Å². The number of hydrogen-bond donors (Lipinski definition) is 1. The van der Waals surface area contributed by atoms with Gasteiger partial charge in [-0.2, -0.15) is 0 Å². The number of benzene rings is 3. The summed E-state index contributed by atoms with van der Waals surface area (Å²) in [6, 6.07) is 24.2. The molecule has 5 aromatic rings. The number of piperazine rings is 1. The van der Waals surface area contributed by atoms with Crippen molar-refractivity contribution in [1.82, 2.24) is 35.0 Å². The second kappa shape index (κ2) is 11.6. The minimum absolute atomic E-state index is 0.109. The molecule has 1 atom stereocenters. The third-order valence-electron chi connectivity index (χ3n) is 8.08. The Morgan fingerprint density at radius 2 is 1.59 bits per heavy atom. The first-order chi connectivity index (χ1) is 20.0. The summed E-state index contributed by atoms with van der Waals surface area (Å²) in [7, 11) is 1.66. The van der Waals surface area contributed by atoms with E-state index in [1.807, 2.05) is 54.1 Å². The number of rotatable bonds is 8. The molecule has 0 saturated carbocycles. The average molecular weight is 550 g/mol. The Morgan fingerprint density at radius 1 is 0.878 bits per heavy atom. The van der Waals surface area contributed by atoms with Gasteiger partial charge in [0.25, 0.3) is 5.56 Å². The zero-order valence-electron chi connectivity index (χ0n) is 23.7. The molecule has 210 valence electrons. The van der Waals surface area contributed by atoms with Crippen molar-refractivity contribution in [2.45, 2.75) is 33.0 Å². The van der Waals surface area contributed by atoms with E-state index in [2.05, 4.69) is 67.6 Å². The fraction of sp³-hybridized carbons (Fsp3) is 0.312. The molecule has 0 bridgehead atoms. The topological polar surface area (TPSA) is 92.2 Å². The number of aromatic nitrogens is 5. The SMILES string of the molecule is COc1ccc(Cn2nnnc2[C@@H](c2cc3c(C)ccc(C)c3[nH]c2=O)N2CCN(Cc3ccccc3)CC2)cc1. The molecule has 0 spiro atoms. The Hall–Kier alpha value is -4.34. The van der Waals surface area contributed by atoms with E-state index in [-0.39, 0.29) is 5.56 Å². The highest BCUT2D eigenvalue weighted by Crippen LogP contribution is 2.30. The molecule has 1 saturated heterocycles. The second-order valence-electron chi connectivity index (χ2n) is 10.8. The first-order valence-corrected chi connectivity index (χ1v) is 14.0. The number of ether oxygens (including phenoxy) is 1. The van der Waals surface area contributed by atoms with Gasteiger partial charge in [0, 0.05) is 43.7 Å². The monoisotopic (exact) mass is 549 g/mol. The van der Waals surface area contributed by atoms with Gasteiger partial charge in [-0.15, -0.1) is 5.10 Å².